The number of benzene rings is 2. The van der Waals surface area contributed by atoms with Gasteiger partial charge in [0.2, 0.25) is 0 Å². The molecule has 0 atom stereocenters. The SMILES string of the molecule is C=C(CC(=O)c1cccc(OC)c1)Nc1ccc(F)c(C)c1. The minimum absolute atomic E-state index is 0.0600. The largest absolute Gasteiger partial charge is 0.497 e. The Kier molecular flexibility index (Phi) is 4.94. The zero-order chi connectivity index (χ0) is 16.1. The van der Waals surface area contributed by atoms with Crippen molar-refractivity contribution in [1.82, 2.24) is 0 Å². The molecule has 0 spiro atoms. The molecule has 22 heavy (non-hydrogen) atoms. The number of hydrogen-bond acceptors (Lipinski definition) is 3. The van der Waals surface area contributed by atoms with Crippen molar-refractivity contribution in [2.75, 3.05) is 12.4 Å². The number of carbonyl (C=O) groups is 1. The van der Waals surface area contributed by atoms with Crippen LogP contribution in [0, 0.1) is 12.7 Å². The van der Waals surface area contributed by atoms with E-state index in [2.05, 4.69) is 11.9 Å². The average Bonchev–Trinajstić information content (AvgIpc) is 2.51. The fraction of sp³-hybridized carbons (Fsp3) is 0.167. The third kappa shape index (κ3) is 3.95. The molecule has 0 aliphatic heterocycles. The van der Waals surface area contributed by atoms with Crippen LogP contribution in [0.1, 0.15) is 22.3 Å². The number of methoxy groups -OCH3 is 1. The van der Waals surface area contributed by atoms with E-state index in [-0.39, 0.29) is 18.0 Å². The van der Waals surface area contributed by atoms with Crippen LogP contribution in [0.15, 0.2) is 54.7 Å². The average molecular weight is 299 g/mol. The maximum atomic E-state index is 13.2. The molecule has 0 aliphatic carbocycles. The summed E-state index contributed by atoms with van der Waals surface area (Å²) in [6.07, 6.45) is 0.156. The van der Waals surface area contributed by atoms with Crippen molar-refractivity contribution < 1.29 is 13.9 Å². The number of Topliss-reactive ketones (excluding diaryl/α,β-unsaturated/α-hetero) is 1. The van der Waals surface area contributed by atoms with Crippen LogP contribution in [0.25, 0.3) is 0 Å². The van der Waals surface area contributed by atoms with Crippen LogP contribution >= 0.6 is 0 Å². The maximum absolute atomic E-state index is 13.2. The van der Waals surface area contributed by atoms with Gasteiger partial charge in [0.1, 0.15) is 11.6 Å². The van der Waals surface area contributed by atoms with Gasteiger partial charge in [-0.15, -0.1) is 0 Å². The maximum Gasteiger partial charge on any atom is 0.168 e. The molecule has 0 radical (unpaired) electrons. The molecule has 0 bridgehead atoms. The Bertz CT molecular complexity index is 710. The second-order valence-corrected chi connectivity index (χ2v) is 5.02. The summed E-state index contributed by atoms with van der Waals surface area (Å²) in [5.74, 6) is 0.317. The van der Waals surface area contributed by atoms with Gasteiger partial charge in [-0.05, 0) is 42.8 Å². The van der Waals surface area contributed by atoms with Gasteiger partial charge in [-0.3, -0.25) is 4.79 Å². The zero-order valence-electron chi connectivity index (χ0n) is 12.7. The van der Waals surface area contributed by atoms with Crippen LogP contribution in [0.4, 0.5) is 10.1 Å². The Morgan fingerprint density at radius 1 is 1.27 bits per heavy atom. The van der Waals surface area contributed by atoms with E-state index in [1.54, 1.807) is 50.4 Å². The van der Waals surface area contributed by atoms with E-state index in [0.29, 0.717) is 28.3 Å². The summed E-state index contributed by atoms with van der Waals surface area (Å²) in [6.45, 7) is 5.54. The Morgan fingerprint density at radius 3 is 2.73 bits per heavy atom. The van der Waals surface area contributed by atoms with Gasteiger partial charge in [0, 0.05) is 16.9 Å². The number of hydrogen-bond donors (Lipinski definition) is 1. The number of allylic oxidation sites excluding steroid dienone is 1. The van der Waals surface area contributed by atoms with Crippen molar-refractivity contribution in [1.29, 1.82) is 0 Å². The first-order valence-electron chi connectivity index (χ1n) is 6.88. The lowest BCUT2D eigenvalue weighted by Crippen LogP contribution is -2.06. The predicted molar refractivity (Wildman–Crippen MR) is 85.8 cm³/mol. The molecule has 1 N–H and O–H groups in total. The lowest BCUT2D eigenvalue weighted by Gasteiger charge is -2.10. The molecule has 2 aromatic carbocycles. The molecular weight excluding hydrogens is 281 g/mol. The molecule has 0 unspecified atom stereocenters. The Morgan fingerprint density at radius 2 is 2.05 bits per heavy atom. The predicted octanol–water partition coefficient (Wildman–Crippen LogP) is 4.34. The normalized spacial score (nSPS) is 10.1. The van der Waals surface area contributed by atoms with Gasteiger partial charge in [0.15, 0.2) is 5.78 Å². The van der Waals surface area contributed by atoms with E-state index >= 15 is 0 Å². The third-order valence-electron chi connectivity index (χ3n) is 3.24. The molecule has 2 aromatic rings. The van der Waals surface area contributed by atoms with Gasteiger partial charge in [0.25, 0.3) is 0 Å². The highest BCUT2D eigenvalue weighted by atomic mass is 19.1. The molecule has 0 aromatic heterocycles. The summed E-state index contributed by atoms with van der Waals surface area (Å²) in [5, 5.41) is 3.03. The first-order valence-corrected chi connectivity index (χ1v) is 6.88. The minimum atomic E-state index is -0.261. The van der Waals surface area contributed by atoms with Crippen molar-refractivity contribution in [3.8, 4) is 5.75 Å². The number of halogens is 1. The number of ether oxygens (including phenoxy) is 1. The molecule has 2 rings (SSSR count). The van der Waals surface area contributed by atoms with Gasteiger partial charge in [0.05, 0.1) is 13.5 Å². The van der Waals surface area contributed by atoms with Gasteiger partial charge in [-0.1, -0.05) is 18.7 Å². The monoisotopic (exact) mass is 299 g/mol. The van der Waals surface area contributed by atoms with Crippen LogP contribution in [0.3, 0.4) is 0 Å². The smallest absolute Gasteiger partial charge is 0.168 e. The lowest BCUT2D eigenvalue weighted by atomic mass is 10.1. The number of rotatable bonds is 6. The Balaban J connectivity index is 2.01. The van der Waals surface area contributed by atoms with E-state index < -0.39 is 0 Å². The summed E-state index contributed by atoms with van der Waals surface area (Å²) in [6, 6.07) is 11.7. The Hall–Kier alpha value is -2.62. The van der Waals surface area contributed by atoms with Crippen LogP contribution in [0.5, 0.6) is 5.75 Å². The molecule has 114 valence electrons. The third-order valence-corrected chi connectivity index (χ3v) is 3.24. The number of nitrogens with one attached hydrogen (secondary N) is 1. The molecule has 0 saturated heterocycles. The van der Waals surface area contributed by atoms with E-state index in [0.717, 1.165) is 0 Å². The van der Waals surface area contributed by atoms with Crippen LogP contribution < -0.4 is 10.1 Å². The summed E-state index contributed by atoms with van der Waals surface area (Å²) in [7, 11) is 1.56. The second kappa shape index (κ2) is 6.89. The number of carbonyl (C=O) groups excluding carboxylic acids is 1. The van der Waals surface area contributed by atoms with E-state index in [9.17, 15) is 9.18 Å². The van der Waals surface area contributed by atoms with Crippen LogP contribution in [-0.4, -0.2) is 12.9 Å². The number of anilines is 1. The molecular formula is C18H18FNO2. The van der Waals surface area contributed by atoms with E-state index in [1.165, 1.54) is 6.07 Å². The number of ketones is 1. The van der Waals surface area contributed by atoms with Gasteiger partial charge < -0.3 is 10.1 Å². The fourth-order valence-corrected chi connectivity index (χ4v) is 2.06. The molecule has 4 heteroatoms. The first kappa shape index (κ1) is 15.8. The molecule has 0 saturated carbocycles. The van der Waals surface area contributed by atoms with Crippen molar-refractivity contribution >= 4 is 11.5 Å². The molecule has 0 aliphatic rings. The van der Waals surface area contributed by atoms with Crippen molar-refractivity contribution in [3.63, 3.8) is 0 Å². The van der Waals surface area contributed by atoms with E-state index in [1.807, 2.05) is 0 Å². The highest BCUT2D eigenvalue weighted by Crippen LogP contribution is 2.18. The second-order valence-electron chi connectivity index (χ2n) is 5.02. The Labute approximate surface area is 129 Å². The summed E-state index contributed by atoms with van der Waals surface area (Å²) < 4.78 is 18.3. The summed E-state index contributed by atoms with van der Waals surface area (Å²) in [4.78, 5) is 12.2. The molecule has 0 heterocycles. The number of aryl methyl sites for hydroxylation is 1. The van der Waals surface area contributed by atoms with Crippen LogP contribution in [0.2, 0.25) is 0 Å². The van der Waals surface area contributed by atoms with Crippen LogP contribution in [-0.2, 0) is 0 Å². The van der Waals surface area contributed by atoms with Gasteiger partial charge in [-0.2, -0.15) is 0 Å². The summed E-state index contributed by atoms with van der Waals surface area (Å²) >= 11 is 0. The van der Waals surface area contributed by atoms with Crippen molar-refractivity contribution in [2.24, 2.45) is 0 Å². The fourth-order valence-electron chi connectivity index (χ4n) is 2.06. The van der Waals surface area contributed by atoms with E-state index in [4.69, 9.17) is 4.74 Å². The molecule has 3 nitrogen and oxygen atoms in total. The summed E-state index contributed by atoms with van der Waals surface area (Å²) in [5.41, 5.74) is 2.37. The standard InChI is InChI=1S/C18H18FNO2/c1-12-9-15(7-8-17(12)19)20-13(2)10-18(21)14-5-4-6-16(11-14)22-3/h4-9,11,20H,2,10H2,1,3H3. The topological polar surface area (TPSA) is 38.3 Å². The zero-order valence-corrected chi connectivity index (χ0v) is 12.7. The van der Waals surface area contributed by atoms with Crippen molar-refractivity contribution in [2.45, 2.75) is 13.3 Å². The quantitative estimate of drug-likeness (QED) is 0.806. The molecule has 0 fully saturated rings. The minimum Gasteiger partial charge on any atom is -0.497 e. The van der Waals surface area contributed by atoms with Crippen molar-refractivity contribution in [3.05, 3.63) is 71.7 Å². The molecule has 0 amide bonds. The highest BCUT2D eigenvalue weighted by Gasteiger charge is 2.09. The highest BCUT2D eigenvalue weighted by molar-refractivity contribution is 5.98. The first-order chi connectivity index (χ1) is 10.5. The lowest BCUT2D eigenvalue weighted by molar-refractivity contribution is 0.0993. The van der Waals surface area contributed by atoms with Gasteiger partial charge >= 0.3 is 0 Å². The van der Waals surface area contributed by atoms with Gasteiger partial charge in [-0.25, -0.2) is 4.39 Å².